The highest BCUT2D eigenvalue weighted by Gasteiger charge is 2.26. The van der Waals surface area contributed by atoms with Crippen molar-refractivity contribution < 1.29 is 13.5 Å². The van der Waals surface area contributed by atoms with Crippen molar-refractivity contribution in [3.63, 3.8) is 0 Å². The lowest BCUT2D eigenvalue weighted by molar-refractivity contribution is 0.252. The third-order valence-electron chi connectivity index (χ3n) is 3.75. The minimum atomic E-state index is -3.53. The molecular weight excluding hydrogens is 278 g/mol. The zero-order valence-electron chi connectivity index (χ0n) is 12.6. The molecular formula is C13H25N3O3S. The van der Waals surface area contributed by atoms with Gasteiger partial charge in [0.1, 0.15) is 4.90 Å². The second kappa shape index (κ2) is 6.69. The summed E-state index contributed by atoms with van der Waals surface area (Å²) in [5.74, 6) is 0.373. The largest absolute Gasteiger partial charge is 0.396 e. The third-order valence-corrected chi connectivity index (χ3v) is 5.10. The number of aliphatic hydroxyl groups excluding tert-OH is 1. The Hall–Kier alpha value is -0.920. The van der Waals surface area contributed by atoms with Crippen molar-refractivity contribution in [1.82, 2.24) is 14.5 Å². The maximum Gasteiger partial charge on any atom is 0.243 e. The summed E-state index contributed by atoms with van der Waals surface area (Å²) < 4.78 is 28.5. The summed E-state index contributed by atoms with van der Waals surface area (Å²) in [5, 5.41) is 12.7. The molecule has 0 aromatic carbocycles. The first-order chi connectivity index (χ1) is 9.19. The maximum atomic E-state index is 12.2. The minimum Gasteiger partial charge on any atom is -0.396 e. The SMILES string of the molecule is CC(C)C(C)(C)CNS(=O)(=O)c1cnn(CCCO)c1. The molecule has 0 aliphatic heterocycles. The van der Waals surface area contributed by atoms with Gasteiger partial charge in [0.2, 0.25) is 10.0 Å². The van der Waals surface area contributed by atoms with Gasteiger partial charge in [0.05, 0.1) is 6.20 Å². The number of rotatable bonds is 8. The molecule has 0 aliphatic rings. The average Bonchev–Trinajstić information content (AvgIpc) is 2.83. The van der Waals surface area contributed by atoms with Crippen LogP contribution in [-0.4, -0.2) is 36.5 Å². The molecule has 0 amide bonds. The molecule has 1 aromatic heterocycles. The van der Waals surface area contributed by atoms with Crippen LogP contribution in [0.15, 0.2) is 17.3 Å². The monoisotopic (exact) mass is 303 g/mol. The molecule has 0 fully saturated rings. The van der Waals surface area contributed by atoms with Crippen molar-refractivity contribution in [3.05, 3.63) is 12.4 Å². The zero-order chi connectivity index (χ0) is 15.4. The lowest BCUT2D eigenvalue weighted by Gasteiger charge is -2.29. The van der Waals surface area contributed by atoms with E-state index in [1.165, 1.54) is 17.1 Å². The van der Waals surface area contributed by atoms with Crippen LogP contribution in [0.2, 0.25) is 0 Å². The van der Waals surface area contributed by atoms with Gasteiger partial charge in [-0.15, -0.1) is 0 Å². The molecule has 0 aliphatic carbocycles. The number of sulfonamides is 1. The molecule has 116 valence electrons. The average molecular weight is 303 g/mol. The van der Waals surface area contributed by atoms with Gasteiger partial charge < -0.3 is 5.11 Å². The molecule has 0 spiro atoms. The number of aryl methyl sites for hydroxylation is 1. The first-order valence-corrected chi connectivity index (χ1v) is 8.30. The van der Waals surface area contributed by atoms with Gasteiger partial charge in [0.25, 0.3) is 0 Å². The van der Waals surface area contributed by atoms with Crippen LogP contribution in [0, 0.1) is 11.3 Å². The lowest BCUT2D eigenvalue weighted by atomic mass is 9.81. The van der Waals surface area contributed by atoms with Gasteiger partial charge in [-0.25, -0.2) is 13.1 Å². The number of nitrogens with zero attached hydrogens (tertiary/aromatic N) is 2. The van der Waals surface area contributed by atoms with Crippen LogP contribution in [0.1, 0.15) is 34.1 Å². The Bertz CT molecular complexity index is 521. The molecule has 1 aromatic rings. The second-order valence-electron chi connectivity index (χ2n) is 5.98. The van der Waals surface area contributed by atoms with E-state index in [9.17, 15) is 8.42 Å². The van der Waals surface area contributed by atoms with E-state index in [0.717, 1.165) is 0 Å². The Morgan fingerprint density at radius 1 is 1.45 bits per heavy atom. The summed E-state index contributed by atoms with van der Waals surface area (Å²) >= 11 is 0. The molecule has 6 nitrogen and oxygen atoms in total. The maximum absolute atomic E-state index is 12.2. The smallest absolute Gasteiger partial charge is 0.243 e. The first-order valence-electron chi connectivity index (χ1n) is 6.82. The van der Waals surface area contributed by atoms with E-state index >= 15 is 0 Å². The lowest BCUT2D eigenvalue weighted by Crippen LogP contribution is -2.36. The molecule has 2 N–H and O–H groups in total. The van der Waals surface area contributed by atoms with Gasteiger partial charge in [-0.3, -0.25) is 4.68 Å². The summed E-state index contributed by atoms with van der Waals surface area (Å²) in [6.45, 7) is 9.15. The molecule has 1 rings (SSSR count). The summed E-state index contributed by atoms with van der Waals surface area (Å²) in [5.41, 5.74) is -0.111. The van der Waals surface area contributed by atoms with Crippen LogP contribution in [-0.2, 0) is 16.6 Å². The molecule has 0 radical (unpaired) electrons. The van der Waals surface area contributed by atoms with E-state index in [2.05, 4.69) is 23.7 Å². The van der Waals surface area contributed by atoms with Crippen molar-refractivity contribution in [2.75, 3.05) is 13.2 Å². The Balaban J connectivity index is 2.72. The van der Waals surface area contributed by atoms with E-state index in [0.29, 0.717) is 25.4 Å². The van der Waals surface area contributed by atoms with Crippen molar-refractivity contribution in [2.24, 2.45) is 11.3 Å². The quantitative estimate of drug-likeness (QED) is 0.756. The highest BCUT2D eigenvalue weighted by Crippen LogP contribution is 2.25. The molecule has 0 bridgehead atoms. The molecule has 0 unspecified atom stereocenters. The topological polar surface area (TPSA) is 84.2 Å². The van der Waals surface area contributed by atoms with E-state index in [-0.39, 0.29) is 16.9 Å². The summed E-state index contributed by atoms with van der Waals surface area (Å²) in [4.78, 5) is 0.162. The number of hydrogen-bond acceptors (Lipinski definition) is 4. The Kier molecular flexibility index (Phi) is 5.73. The second-order valence-corrected chi connectivity index (χ2v) is 7.75. The van der Waals surface area contributed by atoms with Crippen LogP contribution < -0.4 is 4.72 Å². The number of nitrogens with one attached hydrogen (secondary N) is 1. The van der Waals surface area contributed by atoms with Crippen LogP contribution in [0.4, 0.5) is 0 Å². The van der Waals surface area contributed by atoms with Gasteiger partial charge in [0, 0.05) is 25.9 Å². The van der Waals surface area contributed by atoms with Gasteiger partial charge in [-0.05, 0) is 17.8 Å². The number of aromatic nitrogens is 2. The number of aliphatic hydroxyl groups is 1. The minimum absolute atomic E-state index is 0.0583. The molecule has 0 saturated carbocycles. The van der Waals surface area contributed by atoms with E-state index in [4.69, 9.17) is 5.11 Å². The van der Waals surface area contributed by atoms with Gasteiger partial charge in [0.15, 0.2) is 0 Å². The molecule has 0 saturated heterocycles. The first kappa shape index (κ1) is 17.1. The van der Waals surface area contributed by atoms with E-state index in [1.54, 1.807) is 0 Å². The Labute approximate surface area is 121 Å². The fourth-order valence-corrected chi connectivity index (χ4v) is 2.58. The fraction of sp³-hybridized carbons (Fsp3) is 0.769. The summed E-state index contributed by atoms with van der Waals surface area (Å²) in [7, 11) is -3.53. The Morgan fingerprint density at radius 3 is 2.65 bits per heavy atom. The normalized spacial score (nSPS) is 13.1. The standard InChI is InChI=1S/C13H25N3O3S/c1-11(2)13(3,4)10-15-20(18,19)12-8-14-16(9-12)6-5-7-17/h8-9,11,15,17H,5-7,10H2,1-4H3. The molecule has 1 heterocycles. The van der Waals surface area contributed by atoms with Crippen LogP contribution >= 0.6 is 0 Å². The van der Waals surface area contributed by atoms with Crippen LogP contribution in [0.25, 0.3) is 0 Å². The number of hydrogen-bond donors (Lipinski definition) is 2. The van der Waals surface area contributed by atoms with Crippen molar-refractivity contribution in [1.29, 1.82) is 0 Å². The third kappa shape index (κ3) is 4.57. The predicted octanol–water partition coefficient (Wildman–Crippen LogP) is 1.23. The predicted molar refractivity (Wildman–Crippen MR) is 77.7 cm³/mol. The van der Waals surface area contributed by atoms with Crippen molar-refractivity contribution in [2.45, 2.75) is 45.6 Å². The molecule has 0 atom stereocenters. The van der Waals surface area contributed by atoms with Crippen LogP contribution in [0.3, 0.4) is 0 Å². The van der Waals surface area contributed by atoms with Crippen molar-refractivity contribution in [3.8, 4) is 0 Å². The van der Waals surface area contributed by atoms with Gasteiger partial charge >= 0.3 is 0 Å². The highest BCUT2D eigenvalue weighted by molar-refractivity contribution is 7.89. The summed E-state index contributed by atoms with van der Waals surface area (Å²) in [6, 6.07) is 0. The van der Waals surface area contributed by atoms with Crippen molar-refractivity contribution >= 4 is 10.0 Å². The van der Waals surface area contributed by atoms with E-state index < -0.39 is 10.0 Å². The zero-order valence-corrected chi connectivity index (χ0v) is 13.4. The fourth-order valence-electron chi connectivity index (χ4n) is 1.41. The van der Waals surface area contributed by atoms with Gasteiger partial charge in [-0.2, -0.15) is 5.10 Å². The van der Waals surface area contributed by atoms with Crippen LogP contribution in [0.5, 0.6) is 0 Å². The van der Waals surface area contributed by atoms with Gasteiger partial charge in [-0.1, -0.05) is 27.7 Å². The summed E-state index contributed by atoms with van der Waals surface area (Å²) in [6.07, 6.45) is 3.37. The molecule has 7 heteroatoms. The van der Waals surface area contributed by atoms with E-state index in [1.807, 2.05) is 13.8 Å². The molecule has 20 heavy (non-hydrogen) atoms. The Morgan fingerprint density at radius 2 is 2.10 bits per heavy atom. The highest BCUT2D eigenvalue weighted by atomic mass is 32.2.